The molecular weight excluding hydrogens is 452 g/mol. The Labute approximate surface area is 208 Å². The molecule has 3 saturated heterocycles. The van der Waals surface area contributed by atoms with E-state index in [9.17, 15) is 14.4 Å². The van der Waals surface area contributed by atoms with Crippen LogP contribution in [0.4, 0.5) is 0 Å². The molecule has 0 radical (unpaired) electrons. The predicted octanol–water partition coefficient (Wildman–Crippen LogP) is 3.25. The highest BCUT2D eigenvalue weighted by Crippen LogP contribution is 2.68. The fraction of sp³-hybridized carbons (Fsp3) is 0.808. The monoisotopic (exact) mass is 494 g/mol. The Bertz CT molecular complexity index is 761. The number of carbonyl (C=O) groups excluding carboxylic acids is 3. The molecule has 0 aromatic rings. The van der Waals surface area contributed by atoms with Gasteiger partial charge in [-0.05, 0) is 38.5 Å². The first-order valence-electron chi connectivity index (χ1n) is 13.0. The number of carbonyl (C=O) groups is 3. The number of aliphatic hydroxyl groups is 1. The van der Waals surface area contributed by atoms with Gasteiger partial charge in [0, 0.05) is 31.5 Å². The van der Waals surface area contributed by atoms with Crippen molar-refractivity contribution in [2.24, 2.45) is 17.8 Å². The minimum absolute atomic E-state index is 0.0101. The largest absolute Gasteiger partial charge is 0.466 e. The van der Waals surface area contributed by atoms with Gasteiger partial charge in [-0.25, -0.2) is 0 Å². The average molecular weight is 495 g/mol. The summed E-state index contributed by atoms with van der Waals surface area (Å²) >= 11 is 1.70. The summed E-state index contributed by atoms with van der Waals surface area (Å²) in [7, 11) is 0. The number of rotatable bonds is 14. The normalized spacial score (nSPS) is 31.6. The van der Waals surface area contributed by atoms with Crippen LogP contribution in [0.2, 0.25) is 0 Å². The van der Waals surface area contributed by atoms with Crippen LogP contribution < -0.4 is 0 Å². The van der Waals surface area contributed by atoms with Crippen LogP contribution in [0, 0.1) is 17.8 Å². The molecule has 192 valence electrons. The van der Waals surface area contributed by atoms with Gasteiger partial charge >= 0.3 is 5.97 Å². The number of likely N-dealkylation sites (tertiary alicyclic amines) is 1. The van der Waals surface area contributed by atoms with Crippen LogP contribution in [0.1, 0.15) is 65.7 Å². The van der Waals surface area contributed by atoms with Gasteiger partial charge in [0.1, 0.15) is 6.04 Å². The summed E-state index contributed by atoms with van der Waals surface area (Å²) in [5.74, 6) is -1.19. The summed E-state index contributed by atoms with van der Waals surface area (Å²) < 4.78 is 4.82. The highest BCUT2D eigenvalue weighted by Gasteiger charge is 2.76. The molecule has 1 N–H and O–H groups in total. The van der Waals surface area contributed by atoms with Gasteiger partial charge in [0.25, 0.3) is 0 Å². The molecule has 0 saturated carbocycles. The number of fused-ring (bicyclic) bond motifs is 1. The van der Waals surface area contributed by atoms with E-state index in [1.807, 2.05) is 4.90 Å². The van der Waals surface area contributed by atoms with Gasteiger partial charge in [-0.1, -0.05) is 39.2 Å². The molecule has 3 unspecified atom stereocenters. The average Bonchev–Trinajstić information content (AvgIpc) is 3.40. The maximum atomic E-state index is 14.1. The first kappa shape index (κ1) is 27.1. The fourth-order valence-electron chi connectivity index (χ4n) is 6.26. The van der Waals surface area contributed by atoms with E-state index >= 15 is 0 Å². The molecule has 8 heteroatoms. The number of amides is 2. The lowest BCUT2D eigenvalue weighted by molar-refractivity contribution is -0.154. The highest BCUT2D eigenvalue weighted by atomic mass is 32.2. The molecule has 1 spiro atoms. The van der Waals surface area contributed by atoms with E-state index in [2.05, 4.69) is 20.4 Å². The third kappa shape index (κ3) is 4.77. The Morgan fingerprint density at radius 2 is 2.00 bits per heavy atom. The van der Waals surface area contributed by atoms with Crippen molar-refractivity contribution >= 4 is 29.5 Å². The van der Waals surface area contributed by atoms with Crippen LogP contribution in [0.3, 0.4) is 0 Å². The summed E-state index contributed by atoms with van der Waals surface area (Å²) in [6, 6.07) is -0.566. The van der Waals surface area contributed by atoms with E-state index in [0.29, 0.717) is 19.6 Å². The Kier molecular flexibility index (Phi) is 9.49. The molecule has 0 aromatic carbocycles. The zero-order chi connectivity index (χ0) is 24.9. The second kappa shape index (κ2) is 11.9. The van der Waals surface area contributed by atoms with E-state index in [1.165, 1.54) is 0 Å². The topological polar surface area (TPSA) is 87.2 Å². The number of hydrogen-bond donors (Lipinski definition) is 1. The number of aliphatic hydroxyl groups excluding tert-OH is 1. The molecule has 3 fully saturated rings. The summed E-state index contributed by atoms with van der Waals surface area (Å²) in [6.45, 7) is 11.9. The van der Waals surface area contributed by atoms with Gasteiger partial charge < -0.3 is 19.6 Å². The van der Waals surface area contributed by atoms with Crippen molar-refractivity contribution in [2.45, 2.75) is 81.8 Å². The number of ether oxygens (including phenoxy) is 1. The first-order chi connectivity index (χ1) is 16.4. The second-order valence-corrected chi connectivity index (χ2v) is 11.4. The summed E-state index contributed by atoms with van der Waals surface area (Å²) in [4.78, 5) is 44.7. The molecule has 2 bridgehead atoms. The third-order valence-electron chi connectivity index (χ3n) is 7.79. The van der Waals surface area contributed by atoms with Gasteiger partial charge in [0.15, 0.2) is 0 Å². The number of thioether (sulfide) groups is 1. The molecule has 0 aromatic heterocycles. The highest BCUT2D eigenvalue weighted by molar-refractivity contribution is 8.02. The maximum Gasteiger partial charge on any atom is 0.310 e. The molecule has 6 atom stereocenters. The quantitative estimate of drug-likeness (QED) is 0.227. The van der Waals surface area contributed by atoms with Crippen LogP contribution in [0.15, 0.2) is 12.7 Å². The van der Waals surface area contributed by atoms with Gasteiger partial charge in [0.2, 0.25) is 11.8 Å². The minimum Gasteiger partial charge on any atom is -0.466 e. The van der Waals surface area contributed by atoms with Gasteiger partial charge in [0.05, 0.1) is 23.2 Å². The number of esters is 1. The van der Waals surface area contributed by atoms with Crippen molar-refractivity contribution < 1.29 is 24.2 Å². The maximum absolute atomic E-state index is 14.1. The van der Waals surface area contributed by atoms with E-state index in [1.54, 1.807) is 29.7 Å². The van der Waals surface area contributed by atoms with Crippen LogP contribution >= 0.6 is 11.8 Å². The molecule has 3 rings (SSSR count). The lowest BCUT2D eigenvalue weighted by atomic mass is 9.66. The lowest BCUT2D eigenvalue weighted by Gasteiger charge is -2.40. The van der Waals surface area contributed by atoms with E-state index < -0.39 is 22.6 Å². The fourth-order valence-corrected chi connectivity index (χ4v) is 8.67. The molecular formula is C26H42N2O5S. The minimum atomic E-state index is -0.590. The Balaban J connectivity index is 1.96. The van der Waals surface area contributed by atoms with Crippen molar-refractivity contribution in [3.8, 4) is 0 Å². The molecule has 2 amide bonds. The van der Waals surface area contributed by atoms with Crippen LogP contribution in [0.25, 0.3) is 0 Å². The number of nitrogens with zero attached hydrogens (tertiary/aromatic N) is 2. The number of hydrogen-bond acceptors (Lipinski definition) is 6. The van der Waals surface area contributed by atoms with E-state index in [0.717, 1.165) is 44.9 Å². The van der Waals surface area contributed by atoms with Gasteiger partial charge in [-0.15, -0.1) is 18.3 Å². The van der Waals surface area contributed by atoms with Crippen LogP contribution in [-0.2, 0) is 19.1 Å². The Hall–Kier alpha value is -1.54. The SMILES string of the molecule is C=CCN(CCCC)C(=O)C1N(CCCCCCO)C(=O)[C@@H]2[C@@H](C(=O)OCC)[C@H]3CC(C)C12S3. The molecule has 0 aliphatic carbocycles. The predicted molar refractivity (Wildman–Crippen MR) is 134 cm³/mol. The molecule has 34 heavy (non-hydrogen) atoms. The van der Waals surface area contributed by atoms with Crippen molar-refractivity contribution in [3.63, 3.8) is 0 Å². The molecule has 3 heterocycles. The molecule has 3 aliphatic rings. The third-order valence-corrected chi connectivity index (χ3v) is 9.86. The van der Waals surface area contributed by atoms with Crippen molar-refractivity contribution in [1.29, 1.82) is 0 Å². The van der Waals surface area contributed by atoms with E-state index in [-0.39, 0.29) is 42.2 Å². The van der Waals surface area contributed by atoms with Crippen molar-refractivity contribution in [1.82, 2.24) is 9.80 Å². The molecule has 3 aliphatic heterocycles. The smallest absolute Gasteiger partial charge is 0.310 e. The van der Waals surface area contributed by atoms with Crippen molar-refractivity contribution in [3.05, 3.63) is 12.7 Å². The summed E-state index contributed by atoms with van der Waals surface area (Å²) in [5.41, 5.74) is 0. The van der Waals surface area contributed by atoms with Gasteiger partial charge in [-0.2, -0.15) is 0 Å². The standard InChI is InChI=1S/C26H42N2O5S/c1-5-8-14-27(13-6-2)24(31)22-26-18(4)17-19(34-26)20(25(32)33-7-3)21(26)23(30)28(22)15-11-9-10-12-16-29/h6,18-22,29H,2,5,7-17H2,1,3-4H3/t18?,19-,20+,21+,22?,26?/m1/s1. The zero-order valence-electron chi connectivity index (χ0n) is 21.0. The van der Waals surface area contributed by atoms with Crippen LogP contribution in [0.5, 0.6) is 0 Å². The molecule has 7 nitrogen and oxygen atoms in total. The van der Waals surface area contributed by atoms with E-state index in [4.69, 9.17) is 9.84 Å². The second-order valence-electron chi connectivity index (χ2n) is 9.90. The van der Waals surface area contributed by atoms with Crippen molar-refractivity contribution in [2.75, 3.05) is 32.8 Å². The summed E-state index contributed by atoms with van der Waals surface area (Å²) in [5, 5.41) is 9.10. The summed E-state index contributed by atoms with van der Waals surface area (Å²) in [6.07, 6.45) is 7.75. The zero-order valence-corrected chi connectivity index (χ0v) is 21.9. The lowest BCUT2D eigenvalue weighted by Crippen LogP contribution is -2.57. The Morgan fingerprint density at radius 1 is 1.26 bits per heavy atom. The van der Waals surface area contributed by atoms with Gasteiger partial charge in [-0.3, -0.25) is 14.4 Å². The number of unbranched alkanes of at least 4 members (excludes halogenated alkanes) is 4. The Morgan fingerprint density at radius 3 is 2.65 bits per heavy atom. The first-order valence-corrected chi connectivity index (χ1v) is 13.9. The van der Waals surface area contributed by atoms with Crippen LogP contribution in [-0.4, -0.2) is 81.6 Å².